The van der Waals surface area contributed by atoms with Crippen LogP contribution < -0.4 is 5.32 Å². The second kappa shape index (κ2) is 6.22. The van der Waals surface area contributed by atoms with Crippen LogP contribution in [0.5, 0.6) is 0 Å². The van der Waals surface area contributed by atoms with Gasteiger partial charge in [-0.05, 0) is 38.1 Å². The van der Waals surface area contributed by atoms with Gasteiger partial charge < -0.3 is 10.4 Å². The summed E-state index contributed by atoms with van der Waals surface area (Å²) in [6, 6.07) is 3.89. The molecular weight excluding hydrogens is 274 g/mol. The van der Waals surface area contributed by atoms with Crippen LogP contribution in [0, 0.1) is 11.8 Å². The number of hydrogen-bond acceptors (Lipinski definition) is 3. The first kappa shape index (κ1) is 14.8. The van der Waals surface area contributed by atoms with Gasteiger partial charge in [-0.25, -0.2) is 0 Å². The number of allylic oxidation sites excluding steroid dienone is 2. The predicted molar refractivity (Wildman–Crippen MR) is 78.4 cm³/mol. The average Bonchev–Trinajstić information content (AvgIpc) is 2.91. The lowest BCUT2D eigenvalue weighted by molar-refractivity contribution is -0.147. The molecule has 2 N–H and O–H groups in total. The van der Waals surface area contributed by atoms with Crippen molar-refractivity contribution in [1.29, 1.82) is 0 Å². The van der Waals surface area contributed by atoms with Gasteiger partial charge in [-0.3, -0.25) is 9.59 Å². The van der Waals surface area contributed by atoms with Crippen LogP contribution in [0.2, 0.25) is 0 Å². The summed E-state index contributed by atoms with van der Waals surface area (Å²) < 4.78 is 0. The minimum atomic E-state index is -0.881. The quantitative estimate of drug-likeness (QED) is 0.839. The zero-order chi connectivity index (χ0) is 14.7. The van der Waals surface area contributed by atoms with Crippen molar-refractivity contribution in [2.75, 3.05) is 0 Å². The first-order valence-electron chi connectivity index (χ1n) is 6.67. The number of carbonyl (C=O) groups excluding carboxylic acids is 1. The second-order valence-corrected chi connectivity index (χ2v) is 6.35. The van der Waals surface area contributed by atoms with Gasteiger partial charge in [0.2, 0.25) is 5.91 Å². The summed E-state index contributed by atoms with van der Waals surface area (Å²) in [4.78, 5) is 24.7. The van der Waals surface area contributed by atoms with Gasteiger partial charge in [-0.1, -0.05) is 17.2 Å². The van der Waals surface area contributed by atoms with E-state index in [1.54, 1.807) is 11.3 Å². The molecule has 0 aromatic carbocycles. The van der Waals surface area contributed by atoms with Crippen LogP contribution in [-0.2, 0) is 16.1 Å². The first-order valence-corrected chi connectivity index (χ1v) is 7.55. The molecule has 2 rings (SSSR count). The molecule has 1 aromatic heterocycles. The van der Waals surface area contributed by atoms with E-state index in [0.29, 0.717) is 19.4 Å². The number of carboxylic acids is 1. The Labute approximate surface area is 122 Å². The van der Waals surface area contributed by atoms with Crippen LogP contribution in [0.3, 0.4) is 0 Å². The molecule has 1 aliphatic carbocycles. The summed E-state index contributed by atoms with van der Waals surface area (Å²) in [5.41, 5.74) is 2.23. The van der Waals surface area contributed by atoms with Gasteiger partial charge in [0, 0.05) is 4.88 Å². The molecule has 0 radical (unpaired) electrons. The van der Waals surface area contributed by atoms with Crippen molar-refractivity contribution in [3.63, 3.8) is 0 Å². The summed E-state index contributed by atoms with van der Waals surface area (Å²) in [5, 5.41) is 14.1. The van der Waals surface area contributed by atoms with Crippen molar-refractivity contribution in [3.05, 3.63) is 33.5 Å². The molecule has 5 heteroatoms. The Bertz CT molecular complexity index is 533. The maximum atomic E-state index is 12.3. The summed E-state index contributed by atoms with van der Waals surface area (Å²) in [7, 11) is 0. The fraction of sp³-hybridized carbons (Fsp3) is 0.467. The van der Waals surface area contributed by atoms with Crippen LogP contribution in [0.15, 0.2) is 28.7 Å². The van der Waals surface area contributed by atoms with E-state index in [2.05, 4.69) is 5.32 Å². The van der Waals surface area contributed by atoms with Gasteiger partial charge in [0.1, 0.15) is 0 Å². The standard InChI is InChI=1S/C15H19NO3S/c1-9-6-12(13(15(18)19)7-10(9)2)14(17)16-8-11-4-3-5-20-11/h3-5,12-13H,6-8H2,1-2H3,(H,16,17)(H,18,19)/t12-,13+/m0/s1. The molecule has 0 aliphatic heterocycles. The molecule has 1 amide bonds. The van der Waals surface area contributed by atoms with Crippen LogP contribution in [-0.4, -0.2) is 17.0 Å². The number of carbonyl (C=O) groups is 2. The fourth-order valence-corrected chi connectivity index (χ4v) is 3.19. The molecule has 4 nitrogen and oxygen atoms in total. The van der Waals surface area contributed by atoms with E-state index in [-0.39, 0.29) is 5.91 Å². The van der Waals surface area contributed by atoms with E-state index in [1.807, 2.05) is 31.4 Å². The summed E-state index contributed by atoms with van der Waals surface area (Å²) >= 11 is 1.58. The molecular formula is C15H19NO3S. The smallest absolute Gasteiger partial charge is 0.307 e. The highest BCUT2D eigenvalue weighted by Gasteiger charge is 2.37. The third kappa shape index (κ3) is 3.28. The van der Waals surface area contributed by atoms with Crippen molar-refractivity contribution in [1.82, 2.24) is 5.32 Å². The molecule has 0 saturated heterocycles. The lowest BCUT2D eigenvalue weighted by atomic mass is 9.76. The second-order valence-electron chi connectivity index (χ2n) is 5.32. The van der Waals surface area contributed by atoms with Crippen molar-refractivity contribution in [2.45, 2.75) is 33.2 Å². The van der Waals surface area contributed by atoms with E-state index in [0.717, 1.165) is 16.0 Å². The Kier molecular flexibility index (Phi) is 4.60. The number of nitrogens with one attached hydrogen (secondary N) is 1. The number of aliphatic carboxylic acids is 1. The van der Waals surface area contributed by atoms with E-state index in [1.165, 1.54) is 0 Å². The Hall–Kier alpha value is -1.62. The van der Waals surface area contributed by atoms with Crippen molar-refractivity contribution in [3.8, 4) is 0 Å². The zero-order valence-electron chi connectivity index (χ0n) is 11.7. The van der Waals surface area contributed by atoms with Gasteiger partial charge in [0.15, 0.2) is 0 Å². The lowest BCUT2D eigenvalue weighted by Gasteiger charge is -2.29. The number of rotatable bonds is 4. The topological polar surface area (TPSA) is 66.4 Å². The monoisotopic (exact) mass is 293 g/mol. The molecule has 2 atom stereocenters. The zero-order valence-corrected chi connectivity index (χ0v) is 12.5. The molecule has 1 heterocycles. The lowest BCUT2D eigenvalue weighted by Crippen LogP contribution is -2.39. The maximum absolute atomic E-state index is 12.3. The van der Waals surface area contributed by atoms with E-state index in [9.17, 15) is 14.7 Å². The molecule has 0 bridgehead atoms. The van der Waals surface area contributed by atoms with Crippen molar-refractivity contribution >= 4 is 23.2 Å². The SMILES string of the molecule is CC1=C(C)C[C@@H](C(=O)O)[C@@H](C(=O)NCc2cccs2)C1. The molecule has 20 heavy (non-hydrogen) atoms. The molecule has 108 valence electrons. The van der Waals surface area contributed by atoms with E-state index in [4.69, 9.17) is 0 Å². The molecule has 0 unspecified atom stereocenters. The number of amides is 1. The molecule has 1 aliphatic rings. The highest BCUT2D eigenvalue weighted by atomic mass is 32.1. The van der Waals surface area contributed by atoms with Gasteiger partial charge in [-0.2, -0.15) is 0 Å². The summed E-state index contributed by atoms with van der Waals surface area (Å²) in [5.74, 6) is -2.11. The minimum Gasteiger partial charge on any atom is -0.481 e. The van der Waals surface area contributed by atoms with Crippen LogP contribution in [0.25, 0.3) is 0 Å². The van der Waals surface area contributed by atoms with Crippen LogP contribution in [0.4, 0.5) is 0 Å². The van der Waals surface area contributed by atoms with E-state index < -0.39 is 17.8 Å². The average molecular weight is 293 g/mol. The maximum Gasteiger partial charge on any atom is 0.307 e. The normalized spacial score (nSPS) is 22.7. The molecule has 1 aromatic rings. The Morgan fingerprint density at radius 2 is 1.95 bits per heavy atom. The number of hydrogen-bond donors (Lipinski definition) is 2. The highest BCUT2D eigenvalue weighted by Crippen LogP contribution is 2.34. The van der Waals surface area contributed by atoms with Gasteiger partial charge in [0.05, 0.1) is 18.4 Å². The Balaban J connectivity index is 2.04. The Morgan fingerprint density at radius 3 is 2.50 bits per heavy atom. The fourth-order valence-electron chi connectivity index (χ4n) is 2.55. The molecule has 0 fully saturated rings. The predicted octanol–water partition coefficient (Wildman–Crippen LogP) is 2.81. The third-order valence-electron chi connectivity index (χ3n) is 3.94. The van der Waals surface area contributed by atoms with Gasteiger partial charge in [0.25, 0.3) is 0 Å². The number of thiophene rings is 1. The summed E-state index contributed by atoms with van der Waals surface area (Å²) in [6.45, 7) is 4.40. The largest absolute Gasteiger partial charge is 0.481 e. The molecule has 0 saturated carbocycles. The van der Waals surface area contributed by atoms with E-state index >= 15 is 0 Å². The highest BCUT2D eigenvalue weighted by molar-refractivity contribution is 7.09. The number of carboxylic acid groups (broad SMARTS) is 1. The van der Waals surface area contributed by atoms with Gasteiger partial charge >= 0.3 is 5.97 Å². The Morgan fingerprint density at radius 1 is 1.30 bits per heavy atom. The minimum absolute atomic E-state index is 0.155. The van der Waals surface area contributed by atoms with Crippen molar-refractivity contribution in [2.24, 2.45) is 11.8 Å². The summed E-state index contributed by atoms with van der Waals surface area (Å²) in [6.07, 6.45) is 1.01. The van der Waals surface area contributed by atoms with Crippen molar-refractivity contribution < 1.29 is 14.7 Å². The molecule has 0 spiro atoms. The van der Waals surface area contributed by atoms with Gasteiger partial charge in [-0.15, -0.1) is 11.3 Å². The van der Waals surface area contributed by atoms with Crippen LogP contribution >= 0.6 is 11.3 Å². The first-order chi connectivity index (χ1) is 9.49. The van der Waals surface area contributed by atoms with Crippen LogP contribution in [0.1, 0.15) is 31.6 Å². The third-order valence-corrected chi connectivity index (χ3v) is 4.81.